The van der Waals surface area contributed by atoms with Gasteiger partial charge >= 0.3 is 0 Å². The van der Waals surface area contributed by atoms with E-state index < -0.39 is 0 Å². The Balaban J connectivity index is 2.12. The maximum Gasteiger partial charge on any atom is 0.147 e. The number of piperazine rings is 1. The molecule has 0 aromatic heterocycles. The molecule has 98 valence electrons. The summed E-state index contributed by atoms with van der Waals surface area (Å²) in [5.74, 6) is -0.399. The molecule has 1 aliphatic heterocycles. The lowest BCUT2D eigenvalue weighted by molar-refractivity contribution is 0.270. The molecule has 0 unspecified atom stereocenters. The number of halogens is 1. The van der Waals surface area contributed by atoms with Crippen molar-refractivity contribution in [3.63, 3.8) is 0 Å². The molecule has 0 radical (unpaired) electrons. The Morgan fingerprint density at radius 2 is 2.00 bits per heavy atom. The summed E-state index contributed by atoms with van der Waals surface area (Å²) in [6.07, 6.45) is 0. The third kappa shape index (κ3) is 2.61. The van der Waals surface area contributed by atoms with Crippen molar-refractivity contribution in [2.75, 3.05) is 37.6 Å². The molecule has 1 aliphatic rings. The lowest BCUT2D eigenvalue weighted by atomic mass is 10.1. The molecule has 0 atom stereocenters. The van der Waals surface area contributed by atoms with Gasteiger partial charge in [-0.1, -0.05) is 6.92 Å². The van der Waals surface area contributed by atoms with E-state index in [9.17, 15) is 4.39 Å². The van der Waals surface area contributed by atoms with E-state index in [-0.39, 0.29) is 11.7 Å². The van der Waals surface area contributed by atoms with Crippen LogP contribution in [-0.4, -0.2) is 43.5 Å². The van der Waals surface area contributed by atoms with Crippen LogP contribution in [0.2, 0.25) is 0 Å². The second-order valence-corrected chi connectivity index (χ2v) is 4.50. The quantitative estimate of drug-likeness (QED) is 0.627. The summed E-state index contributed by atoms with van der Waals surface area (Å²) in [5, 5.41) is 7.29. The Kier molecular flexibility index (Phi) is 3.81. The minimum Gasteiger partial charge on any atom is -0.384 e. The minimum atomic E-state index is -0.298. The van der Waals surface area contributed by atoms with E-state index in [1.54, 1.807) is 12.1 Å². The summed E-state index contributed by atoms with van der Waals surface area (Å²) in [4.78, 5) is 4.39. The van der Waals surface area contributed by atoms with Gasteiger partial charge in [-0.15, -0.1) is 0 Å². The monoisotopic (exact) mass is 250 g/mol. The van der Waals surface area contributed by atoms with Crippen molar-refractivity contribution in [3.8, 4) is 0 Å². The van der Waals surface area contributed by atoms with Gasteiger partial charge in [0.25, 0.3) is 0 Å². The van der Waals surface area contributed by atoms with E-state index in [1.807, 2.05) is 4.90 Å². The average molecular weight is 250 g/mol. The topological polar surface area (TPSA) is 56.4 Å². The first-order chi connectivity index (χ1) is 8.61. The predicted octanol–water partition coefficient (Wildman–Crippen LogP) is 1.25. The first kappa shape index (κ1) is 12.8. The van der Waals surface area contributed by atoms with Gasteiger partial charge in [0.05, 0.1) is 5.69 Å². The molecule has 1 fully saturated rings. The normalized spacial score (nSPS) is 16.9. The fourth-order valence-corrected chi connectivity index (χ4v) is 2.24. The van der Waals surface area contributed by atoms with E-state index >= 15 is 0 Å². The Labute approximate surface area is 107 Å². The highest BCUT2D eigenvalue weighted by atomic mass is 19.1. The molecular formula is C13H19FN4. The number of nitrogens with zero attached hydrogens (tertiary/aromatic N) is 2. The van der Waals surface area contributed by atoms with Crippen LogP contribution in [-0.2, 0) is 0 Å². The van der Waals surface area contributed by atoms with Crippen molar-refractivity contribution in [1.82, 2.24) is 4.90 Å². The van der Waals surface area contributed by atoms with Crippen LogP contribution in [0.15, 0.2) is 18.2 Å². The number of hydrogen-bond acceptors (Lipinski definition) is 3. The maximum absolute atomic E-state index is 14.0. The third-order valence-electron chi connectivity index (χ3n) is 3.42. The smallest absolute Gasteiger partial charge is 0.147 e. The van der Waals surface area contributed by atoms with Crippen LogP contribution in [0, 0.1) is 11.2 Å². The molecule has 0 saturated carbocycles. The van der Waals surface area contributed by atoms with Crippen LogP contribution in [0.1, 0.15) is 12.5 Å². The van der Waals surface area contributed by atoms with Crippen molar-refractivity contribution in [3.05, 3.63) is 29.6 Å². The zero-order valence-electron chi connectivity index (χ0n) is 10.6. The summed E-state index contributed by atoms with van der Waals surface area (Å²) >= 11 is 0. The van der Waals surface area contributed by atoms with Crippen LogP contribution in [0.25, 0.3) is 0 Å². The van der Waals surface area contributed by atoms with Gasteiger partial charge in [0.2, 0.25) is 0 Å². The molecule has 0 bridgehead atoms. The van der Waals surface area contributed by atoms with Gasteiger partial charge in [-0.3, -0.25) is 5.41 Å². The highest BCUT2D eigenvalue weighted by Crippen LogP contribution is 2.21. The fourth-order valence-electron chi connectivity index (χ4n) is 2.24. The first-order valence-electron chi connectivity index (χ1n) is 6.23. The van der Waals surface area contributed by atoms with E-state index in [2.05, 4.69) is 11.8 Å². The highest BCUT2D eigenvalue weighted by molar-refractivity contribution is 5.95. The van der Waals surface area contributed by atoms with Crippen molar-refractivity contribution >= 4 is 11.5 Å². The standard InChI is InChI=1S/C13H19FN4/c1-2-17-5-7-18(8-6-17)12-4-3-10(13(15)16)9-11(12)14/h3-4,9H,2,5-8H2,1H3,(H3,15,16). The molecular weight excluding hydrogens is 231 g/mol. The van der Waals surface area contributed by atoms with Gasteiger partial charge in [0.15, 0.2) is 0 Å². The van der Waals surface area contributed by atoms with Gasteiger partial charge in [-0.05, 0) is 24.7 Å². The summed E-state index contributed by atoms with van der Waals surface area (Å²) in [6.45, 7) is 6.78. The number of nitrogens with two attached hydrogens (primary N) is 1. The van der Waals surface area contributed by atoms with Gasteiger partial charge in [0, 0.05) is 31.7 Å². The van der Waals surface area contributed by atoms with Crippen molar-refractivity contribution in [2.45, 2.75) is 6.92 Å². The number of nitrogen functional groups attached to an aromatic ring is 1. The van der Waals surface area contributed by atoms with E-state index in [0.717, 1.165) is 32.7 Å². The summed E-state index contributed by atoms with van der Waals surface area (Å²) in [6, 6.07) is 4.75. The van der Waals surface area contributed by atoms with Gasteiger partial charge < -0.3 is 15.5 Å². The molecule has 1 saturated heterocycles. The zero-order valence-corrected chi connectivity index (χ0v) is 10.6. The summed E-state index contributed by atoms with van der Waals surface area (Å²) in [5.41, 5.74) is 6.38. The number of likely N-dealkylation sites (N-methyl/N-ethyl adjacent to an activating group) is 1. The number of rotatable bonds is 3. The Hall–Kier alpha value is -1.62. The zero-order chi connectivity index (χ0) is 13.1. The lowest BCUT2D eigenvalue weighted by Crippen LogP contribution is -2.46. The SMILES string of the molecule is CCN1CCN(c2ccc(C(=N)N)cc2F)CC1. The second kappa shape index (κ2) is 5.35. The number of nitrogens with one attached hydrogen (secondary N) is 1. The van der Waals surface area contributed by atoms with Crippen LogP contribution in [0.4, 0.5) is 10.1 Å². The van der Waals surface area contributed by atoms with E-state index in [0.29, 0.717) is 11.3 Å². The van der Waals surface area contributed by atoms with E-state index in [4.69, 9.17) is 11.1 Å². The number of benzene rings is 1. The highest BCUT2D eigenvalue weighted by Gasteiger charge is 2.18. The lowest BCUT2D eigenvalue weighted by Gasteiger charge is -2.35. The van der Waals surface area contributed by atoms with Crippen molar-refractivity contribution in [1.29, 1.82) is 5.41 Å². The molecule has 2 rings (SSSR count). The Morgan fingerprint density at radius 3 is 2.50 bits per heavy atom. The van der Waals surface area contributed by atoms with Crippen LogP contribution in [0.5, 0.6) is 0 Å². The molecule has 1 heterocycles. The average Bonchev–Trinajstić information content (AvgIpc) is 2.38. The number of hydrogen-bond donors (Lipinski definition) is 2. The summed E-state index contributed by atoms with van der Waals surface area (Å²) < 4.78 is 14.0. The van der Waals surface area contributed by atoms with Crippen LogP contribution in [0.3, 0.4) is 0 Å². The second-order valence-electron chi connectivity index (χ2n) is 4.50. The maximum atomic E-state index is 14.0. The third-order valence-corrected chi connectivity index (χ3v) is 3.42. The predicted molar refractivity (Wildman–Crippen MR) is 71.7 cm³/mol. The van der Waals surface area contributed by atoms with Gasteiger partial charge in [-0.2, -0.15) is 0 Å². The molecule has 5 heteroatoms. The Bertz CT molecular complexity index is 439. The molecule has 3 N–H and O–H groups in total. The summed E-state index contributed by atoms with van der Waals surface area (Å²) in [7, 11) is 0. The molecule has 4 nitrogen and oxygen atoms in total. The number of amidine groups is 1. The molecule has 1 aromatic carbocycles. The molecule has 0 aliphatic carbocycles. The minimum absolute atomic E-state index is 0.101. The van der Waals surface area contributed by atoms with Gasteiger partial charge in [-0.25, -0.2) is 4.39 Å². The van der Waals surface area contributed by atoms with E-state index in [1.165, 1.54) is 6.07 Å². The molecule has 1 aromatic rings. The molecule has 18 heavy (non-hydrogen) atoms. The van der Waals surface area contributed by atoms with Crippen LogP contribution >= 0.6 is 0 Å². The van der Waals surface area contributed by atoms with Crippen LogP contribution < -0.4 is 10.6 Å². The van der Waals surface area contributed by atoms with Gasteiger partial charge in [0.1, 0.15) is 11.7 Å². The molecule has 0 amide bonds. The fraction of sp³-hybridized carbons (Fsp3) is 0.462. The van der Waals surface area contributed by atoms with Crippen molar-refractivity contribution < 1.29 is 4.39 Å². The Morgan fingerprint density at radius 1 is 1.33 bits per heavy atom. The first-order valence-corrected chi connectivity index (χ1v) is 6.23. The van der Waals surface area contributed by atoms with Crippen molar-refractivity contribution in [2.24, 2.45) is 5.73 Å². The number of anilines is 1. The largest absolute Gasteiger partial charge is 0.384 e. The molecule has 0 spiro atoms.